The van der Waals surface area contributed by atoms with Gasteiger partial charge in [-0.3, -0.25) is 39.9 Å². The summed E-state index contributed by atoms with van der Waals surface area (Å²) in [5.41, 5.74) is 22.3. The standard InChI is InChI=1S/C36H43N7O5S.C29H37N7O5S/c1-23-13-14-25(33(44)38-27-18-26(35(2,3)4)19-28(32(27)47-6)40-49(7,45)46)17-30(23)43-21-29(39-41-43)31-20-37-34(42(31)5)36(15-16-36)48-22-24-11-9-8-10-12-24;1-17-8-9-18(12-23(17)36-16-22(32-34-36)24-15-30-27(35(24)5)29(38)10-11-29)26(37)31-20-13-19(28(2,3)4)14-21(25(20)41-6)33-42(7,39)40/h8-14,17-21,39-41H,15-16,22H2,1-7H3,(H,38,44);8-9,12-16,32-34,38H,10-11H2,1-7H3,(H,31,37)/p+1. The van der Waals surface area contributed by atoms with Gasteiger partial charge in [0.05, 0.1) is 104 Å². The van der Waals surface area contributed by atoms with Crippen LogP contribution in [0, 0.1) is 13.8 Å². The number of hydrogen-bond acceptors (Lipinski definition) is 17. The number of carbonyl (C=O) groups excluding carboxylic acids is 2. The van der Waals surface area contributed by atoms with Gasteiger partial charge in [-0.05, 0) is 127 Å². The molecule has 4 heterocycles. The van der Waals surface area contributed by atoms with E-state index in [1.54, 1.807) is 53.5 Å². The maximum Gasteiger partial charge on any atom is 0.287 e. The lowest BCUT2D eigenvalue weighted by Gasteiger charge is -2.24. The van der Waals surface area contributed by atoms with Gasteiger partial charge in [-0.2, -0.15) is 0 Å². The first-order chi connectivity index (χ1) is 42.8. The molecular formula is C65H81N14O10S2+. The van der Waals surface area contributed by atoms with E-state index >= 15 is 0 Å². The number of nitrogens with one attached hydrogen (secondary N) is 9. The van der Waals surface area contributed by atoms with E-state index in [0.717, 1.165) is 112 Å². The molecule has 5 aromatic carbocycles. The van der Waals surface area contributed by atoms with Gasteiger partial charge < -0.3 is 34.5 Å². The van der Waals surface area contributed by atoms with Crippen LogP contribution in [0.3, 0.4) is 0 Å². The normalized spacial score (nSPS) is 15.7. The molecule has 0 atom stereocenters. The van der Waals surface area contributed by atoms with Gasteiger partial charge in [-0.1, -0.05) is 84.0 Å². The van der Waals surface area contributed by atoms with E-state index in [-0.39, 0.29) is 45.5 Å². The van der Waals surface area contributed by atoms with Crippen molar-refractivity contribution in [3.63, 3.8) is 0 Å². The van der Waals surface area contributed by atoms with Crippen LogP contribution in [0.4, 0.5) is 34.1 Å². The van der Waals surface area contributed by atoms with Gasteiger partial charge in [0.2, 0.25) is 20.0 Å². The largest absolute Gasteiger partial charge is 0.492 e. The van der Waals surface area contributed by atoms with E-state index in [1.165, 1.54) is 14.2 Å². The Balaban J connectivity index is 0.000000202. The molecule has 482 valence electrons. The quantitative estimate of drug-likeness (QED) is 0.0339. The zero-order chi connectivity index (χ0) is 65.8. The molecule has 91 heavy (non-hydrogen) atoms. The number of aryl methyl sites for hydroxylation is 2. The Kier molecular flexibility index (Phi) is 17.7. The van der Waals surface area contributed by atoms with Crippen LogP contribution in [0.15, 0.2) is 116 Å². The second kappa shape index (κ2) is 24.7. The number of nitrogens with zero attached hydrogens (tertiary/aromatic N) is 5. The minimum Gasteiger partial charge on any atom is -0.492 e. The Bertz CT molecular complexity index is 4270. The Morgan fingerprint density at radius 2 is 1.15 bits per heavy atom. The molecule has 2 aliphatic carbocycles. The van der Waals surface area contributed by atoms with Gasteiger partial charge in [0.25, 0.3) is 17.6 Å². The van der Waals surface area contributed by atoms with E-state index in [0.29, 0.717) is 29.1 Å². The van der Waals surface area contributed by atoms with Crippen molar-refractivity contribution in [2.45, 2.75) is 110 Å². The zero-order valence-electron chi connectivity index (χ0n) is 53.7. The van der Waals surface area contributed by atoms with Gasteiger partial charge in [0.1, 0.15) is 23.3 Å². The van der Waals surface area contributed by atoms with Crippen LogP contribution >= 0.6 is 0 Å². The monoisotopic (exact) mass is 1280 g/mol. The number of aliphatic hydroxyl groups is 1. The number of benzene rings is 5. The average molecular weight is 1280 g/mol. The minimum absolute atomic E-state index is 0.210. The number of rotatable bonds is 19. The van der Waals surface area contributed by atoms with E-state index in [2.05, 4.69) is 63.7 Å². The highest BCUT2D eigenvalue weighted by atomic mass is 32.2. The first-order valence-electron chi connectivity index (χ1n) is 29.6. The third-order valence-corrected chi connectivity index (χ3v) is 17.4. The summed E-state index contributed by atoms with van der Waals surface area (Å²) in [6.45, 7) is 16.4. The van der Waals surface area contributed by atoms with Crippen LogP contribution in [0.5, 0.6) is 11.5 Å². The minimum atomic E-state index is -3.61. The summed E-state index contributed by atoms with van der Waals surface area (Å²) in [5, 5.41) is 20.0. The molecule has 2 amide bonds. The van der Waals surface area contributed by atoms with E-state index in [9.17, 15) is 31.5 Å². The van der Waals surface area contributed by atoms with E-state index < -0.39 is 31.2 Å². The van der Waals surface area contributed by atoms with E-state index in [4.69, 9.17) is 19.2 Å². The lowest BCUT2D eigenvalue weighted by Crippen LogP contribution is -2.41. The molecule has 2 aliphatic heterocycles. The Labute approximate surface area is 531 Å². The highest BCUT2D eigenvalue weighted by molar-refractivity contribution is 7.92. The molecule has 4 aliphatic rings. The molecule has 0 unspecified atom stereocenters. The zero-order valence-corrected chi connectivity index (χ0v) is 55.3. The van der Waals surface area contributed by atoms with Crippen molar-refractivity contribution in [1.29, 1.82) is 0 Å². The summed E-state index contributed by atoms with van der Waals surface area (Å²) >= 11 is 0. The van der Waals surface area contributed by atoms with Gasteiger partial charge in [-0.15, -0.1) is 11.1 Å². The summed E-state index contributed by atoms with van der Waals surface area (Å²) in [5.74, 6) is 1.30. The molecule has 24 nitrogen and oxygen atoms in total. The number of carbonyl (C=O) groups is 2. The van der Waals surface area contributed by atoms with Crippen molar-refractivity contribution in [3.8, 4) is 11.5 Å². The fourth-order valence-electron chi connectivity index (χ4n) is 10.8. The molecule has 0 spiro atoms. The van der Waals surface area contributed by atoms with Gasteiger partial charge in [0.15, 0.2) is 22.8 Å². The summed E-state index contributed by atoms with van der Waals surface area (Å²) in [6, 6.07) is 27.9. The van der Waals surface area contributed by atoms with Gasteiger partial charge in [-0.25, -0.2) is 31.4 Å². The first kappa shape index (κ1) is 65.0. The van der Waals surface area contributed by atoms with Crippen molar-refractivity contribution in [2.75, 3.05) is 56.8 Å². The highest BCUT2D eigenvalue weighted by Crippen LogP contribution is 2.50. The number of imidazole rings is 2. The third-order valence-electron chi connectivity index (χ3n) is 16.2. The van der Waals surface area contributed by atoms with Crippen molar-refractivity contribution < 1.29 is 50.3 Å². The molecule has 26 heteroatoms. The van der Waals surface area contributed by atoms with Crippen LogP contribution in [-0.4, -0.2) is 75.0 Å². The summed E-state index contributed by atoms with van der Waals surface area (Å²) in [4.78, 5) is 35.2. The number of methoxy groups -OCH3 is 2. The second-order valence-corrected chi connectivity index (χ2v) is 29.1. The molecular weight excluding hydrogens is 1200 g/mol. The molecule has 0 radical (unpaired) electrons. The Morgan fingerprint density at radius 1 is 0.681 bits per heavy atom. The molecule has 0 bridgehead atoms. The molecule has 10 N–H and O–H groups in total. The topological polar surface area (TPSA) is 291 Å². The number of amides is 2. The predicted molar refractivity (Wildman–Crippen MR) is 352 cm³/mol. The summed E-state index contributed by atoms with van der Waals surface area (Å²) in [7, 11) is -0.464. The van der Waals surface area contributed by atoms with Crippen LogP contribution < -0.4 is 66.1 Å². The molecule has 2 saturated carbocycles. The van der Waals surface area contributed by atoms with Crippen LogP contribution in [0.1, 0.15) is 139 Å². The summed E-state index contributed by atoms with van der Waals surface area (Å²) in [6.07, 6.45) is 12.9. The Hall–Kier alpha value is -8.92. The van der Waals surface area contributed by atoms with Crippen molar-refractivity contribution in [3.05, 3.63) is 178 Å². The molecule has 11 rings (SSSR count). The average Bonchev–Trinajstić information content (AvgIpc) is 1.62. The third kappa shape index (κ3) is 14.5. The number of aromatic amines is 1. The maximum absolute atomic E-state index is 13.7. The number of aromatic nitrogens is 4. The Morgan fingerprint density at radius 3 is 1.60 bits per heavy atom. The number of H-pyrrole nitrogens is 1. The fourth-order valence-corrected chi connectivity index (χ4v) is 11.9. The maximum atomic E-state index is 13.7. The first-order valence-corrected chi connectivity index (χ1v) is 33.4. The number of hydrogen-bond donors (Lipinski definition) is 10. The summed E-state index contributed by atoms with van der Waals surface area (Å²) < 4.78 is 75.0. The van der Waals surface area contributed by atoms with E-state index in [1.807, 2.05) is 134 Å². The molecule has 7 aromatic rings. The van der Waals surface area contributed by atoms with Crippen LogP contribution in [0.2, 0.25) is 0 Å². The SMILES string of the molecule is COc1c(NC(=O)c2ccc(C)c(N3C=C(c4c[nH]c(C5(O)CC5)[n+]4C)NN3)c2)cc(C(C)(C)C)cc1NS(C)(=O)=O.COc1c(NC(=O)c2ccc(C)c(N3C=C(c4cnc(C5(OCc6ccccc6)CC5)n4C)NN3)c2)cc(C(C)(C)C)cc1NS(C)(=O)=O. The number of ether oxygens (including phenoxy) is 3. The van der Waals surface area contributed by atoms with Crippen LogP contribution in [-0.2, 0) is 67.5 Å². The van der Waals surface area contributed by atoms with Crippen LogP contribution in [0.25, 0.3) is 11.4 Å². The van der Waals surface area contributed by atoms with Crippen molar-refractivity contribution in [1.82, 2.24) is 36.5 Å². The molecule has 2 aromatic heterocycles. The molecule has 2 fully saturated rings. The number of sulfonamides is 2. The lowest BCUT2D eigenvalue weighted by molar-refractivity contribution is -0.685. The number of anilines is 6. The van der Waals surface area contributed by atoms with Crippen molar-refractivity contribution >= 4 is 77.4 Å². The second-order valence-electron chi connectivity index (χ2n) is 25.6. The van der Waals surface area contributed by atoms with Crippen molar-refractivity contribution in [2.24, 2.45) is 14.1 Å². The highest BCUT2D eigenvalue weighted by Gasteiger charge is 2.51. The van der Waals surface area contributed by atoms with Gasteiger partial charge >= 0.3 is 0 Å². The molecule has 0 saturated heterocycles. The predicted octanol–water partition coefficient (Wildman–Crippen LogP) is 8.58. The van der Waals surface area contributed by atoms with Gasteiger partial charge in [0, 0.05) is 18.2 Å². The number of hydrazine groups is 4. The smallest absolute Gasteiger partial charge is 0.287 e. The lowest BCUT2D eigenvalue weighted by atomic mass is 9.86. The fraction of sp³-hybridized carbons (Fsp3) is 0.354.